The van der Waals surface area contributed by atoms with Crippen LogP contribution in [0.1, 0.15) is 32.3 Å². The summed E-state index contributed by atoms with van der Waals surface area (Å²) in [6, 6.07) is 7.61. The molecule has 3 nitrogen and oxygen atoms in total. The van der Waals surface area contributed by atoms with Crippen molar-refractivity contribution in [3.63, 3.8) is 0 Å². The van der Waals surface area contributed by atoms with Gasteiger partial charge in [0.25, 0.3) is 0 Å². The standard InChI is InChI=1S/C14H19ClN2O.C2H6/c1-11(18)14(10-17-8-6-16-7-9-17)12-2-4-13(15)5-3-12;1-2/h2-5,14,16H,6-10H2,1H3;1-2H3. The number of ketones is 1. The first-order valence-electron chi connectivity index (χ1n) is 7.36. The minimum absolute atomic E-state index is 0.0413. The minimum atomic E-state index is -0.0413. The van der Waals surface area contributed by atoms with E-state index in [1.54, 1.807) is 6.92 Å². The lowest BCUT2D eigenvalue weighted by atomic mass is 9.94. The van der Waals surface area contributed by atoms with Crippen molar-refractivity contribution in [2.75, 3.05) is 32.7 Å². The maximum atomic E-state index is 11.8. The van der Waals surface area contributed by atoms with Crippen molar-refractivity contribution in [1.82, 2.24) is 10.2 Å². The van der Waals surface area contributed by atoms with Gasteiger partial charge in [-0.3, -0.25) is 9.69 Å². The van der Waals surface area contributed by atoms with Gasteiger partial charge in [-0.05, 0) is 24.6 Å². The lowest BCUT2D eigenvalue weighted by Gasteiger charge is -2.30. The molecule has 2 rings (SSSR count). The molecule has 4 heteroatoms. The molecule has 1 N–H and O–H groups in total. The second-order valence-electron chi connectivity index (χ2n) is 4.77. The van der Waals surface area contributed by atoms with E-state index in [2.05, 4.69) is 10.2 Å². The smallest absolute Gasteiger partial charge is 0.138 e. The highest BCUT2D eigenvalue weighted by Crippen LogP contribution is 2.21. The fourth-order valence-corrected chi connectivity index (χ4v) is 2.44. The van der Waals surface area contributed by atoms with E-state index in [-0.39, 0.29) is 11.7 Å². The van der Waals surface area contributed by atoms with Crippen LogP contribution in [0, 0.1) is 0 Å². The maximum Gasteiger partial charge on any atom is 0.138 e. The number of nitrogens with zero attached hydrogens (tertiary/aromatic N) is 1. The number of carbonyl (C=O) groups is 1. The molecule has 112 valence electrons. The van der Waals surface area contributed by atoms with Gasteiger partial charge in [-0.15, -0.1) is 0 Å². The lowest BCUT2D eigenvalue weighted by Crippen LogP contribution is -2.45. The van der Waals surface area contributed by atoms with Gasteiger partial charge in [0.05, 0.1) is 5.92 Å². The Hall–Kier alpha value is -0.900. The quantitative estimate of drug-likeness (QED) is 0.927. The number of hydrogen-bond acceptors (Lipinski definition) is 3. The van der Waals surface area contributed by atoms with Crippen molar-refractivity contribution in [1.29, 1.82) is 0 Å². The third-order valence-corrected chi connectivity index (χ3v) is 3.67. The molecule has 1 unspecified atom stereocenters. The predicted octanol–water partition coefficient (Wildman–Crippen LogP) is 2.94. The Bertz CT molecular complexity index is 399. The molecule has 1 aliphatic heterocycles. The summed E-state index contributed by atoms with van der Waals surface area (Å²) < 4.78 is 0. The van der Waals surface area contributed by atoms with E-state index in [4.69, 9.17) is 11.6 Å². The Morgan fingerprint density at radius 2 is 1.80 bits per heavy atom. The predicted molar refractivity (Wildman–Crippen MR) is 85.5 cm³/mol. The van der Waals surface area contributed by atoms with E-state index in [1.165, 1.54) is 0 Å². The summed E-state index contributed by atoms with van der Waals surface area (Å²) >= 11 is 5.88. The van der Waals surface area contributed by atoms with Gasteiger partial charge in [-0.25, -0.2) is 0 Å². The van der Waals surface area contributed by atoms with Gasteiger partial charge in [-0.2, -0.15) is 0 Å². The van der Waals surface area contributed by atoms with Crippen LogP contribution in [0.15, 0.2) is 24.3 Å². The Balaban J connectivity index is 0.000000956. The Morgan fingerprint density at radius 3 is 2.30 bits per heavy atom. The molecule has 20 heavy (non-hydrogen) atoms. The molecular formula is C16H25ClN2O. The van der Waals surface area contributed by atoms with Gasteiger partial charge in [0.1, 0.15) is 5.78 Å². The Labute approximate surface area is 127 Å². The van der Waals surface area contributed by atoms with Gasteiger partial charge in [0.2, 0.25) is 0 Å². The van der Waals surface area contributed by atoms with Crippen LogP contribution >= 0.6 is 11.6 Å². The molecule has 0 spiro atoms. The van der Waals surface area contributed by atoms with E-state index in [1.807, 2.05) is 38.1 Å². The van der Waals surface area contributed by atoms with Crippen molar-refractivity contribution < 1.29 is 4.79 Å². The van der Waals surface area contributed by atoms with Gasteiger partial charge in [0.15, 0.2) is 0 Å². The molecule has 0 bridgehead atoms. The highest BCUT2D eigenvalue weighted by molar-refractivity contribution is 6.30. The Kier molecular flexibility index (Phi) is 7.82. The van der Waals surface area contributed by atoms with Gasteiger partial charge in [0, 0.05) is 37.7 Å². The van der Waals surface area contributed by atoms with Crippen molar-refractivity contribution in [2.45, 2.75) is 26.7 Å². The van der Waals surface area contributed by atoms with Crippen LogP contribution in [0.4, 0.5) is 0 Å². The molecular weight excluding hydrogens is 272 g/mol. The number of Topliss-reactive ketones (excluding diaryl/α,β-unsaturated/α-hetero) is 1. The minimum Gasteiger partial charge on any atom is -0.314 e. The molecule has 1 heterocycles. The van der Waals surface area contributed by atoms with E-state index in [9.17, 15) is 4.79 Å². The van der Waals surface area contributed by atoms with Gasteiger partial charge < -0.3 is 5.32 Å². The number of carbonyl (C=O) groups excluding carboxylic acids is 1. The molecule has 0 aliphatic carbocycles. The topological polar surface area (TPSA) is 32.3 Å². The van der Waals surface area contributed by atoms with Crippen molar-refractivity contribution in [3.05, 3.63) is 34.9 Å². The molecule has 1 atom stereocenters. The molecule has 1 aromatic carbocycles. The van der Waals surface area contributed by atoms with E-state index >= 15 is 0 Å². The van der Waals surface area contributed by atoms with E-state index in [0.29, 0.717) is 5.02 Å². The zero-order chi connectivity index (χ0) is 15.0. The number of halogens is 1. The van der Waals surface area contributed by atoms with E-state index in [0.717, 1.165) is 38.3 Å². The molecule has 1 aromatic rings. The zero-order valence-electron chi connectivity index (χ0n) is 12.7. The molecule has 0 aromatic heterocycles. The summed E-state index contributed by atoms with van der Waals surface area (Å²) in [5.41, 5.74) is 1.06. The summed E-state index contributed by atoms with van der Waals surface area (Å²) in [6.45, 7) is 10.5. The van der Waals surface area contributed by atoms with Gasteiger partial charge >= 0.3 is 0 Å². The number of nitrogens with one attached hydrogen (secondary N) is 1. The molecule has 1 fully saturated rings. The maximum absolute atomic E-state index is 11.8. The van der Waals surface area contributed by atoms with Crippen LogP contribution in [-0.4, -0.2) is 43.4 Å². The first-order valence-corrected chi connectivity index (χ1v) is 7.73. The molecule has 0 saturated carbocycles. The first kappa shape index (κ1) is 17.2. The fourth-order valence-electron chi connectivity index (χ4n) is 2.32. The summed E-state index contributed by atoms with van der Waals surface area (Å²) in [5, 5.41) is 4.03. The van der Waals surface area contributed by atoms with Crippen LogP contribution in [0.3, 0.4) is 0 Å². The van der Waals surface area contributed by atoms with Gasteiger partial charge in [-0.1, -0.05) is 37.6 Å². The summed E-state index contributed by atoms with van der Waals surface area (Å²) in [5.74, 6) is 0.177. The third-order valence-electron chi connectivity index (χ3n) is 3.41. The number of hydrogen-bond donors (Lipinski definition) is 1. The number of piperazine rings is 1. The fraction of sp³-hybridized carbons (Fsp3) is 0.562. The molecule has 1 saturated heterocycles. The molecule has 1 aliphatic rings. The third kappa shape index (κ3) is 5.23. The average Bonchev–Trinajstić information content (AvgIpc) is 2.49. The molecule has 0 radical (unpaired) electrons. The normalized spacial score (nSPS) is 17.0. The van der Waals surface area contributed by atoms with Crippen LogP contribution in [-0.2, 0) is 4.79 Å². The van der Waals surface area contributed by atoms with Crippen molar-refractivity contribution in [3.8, 4) is 0 Å². The largest absolute Gasteiger partial charge is 0.314 e. The monoisotopic (exact) mass is 296 g/mol. The second kappa shape index (κ2) is 9.11. The SMILES string of the molecule is CC.CC(=O)C(CN1CCNCC1)c1ccc(Cl)cc1. The molecule has 0 amide bonds. The van der Waals surface area contributed by atoms with Crippen LogP contribution in [0.5, 0.6) is 0 Å². The van der Waals surface area contributed by atoms with Crippen molar-refractivity contribution >= 4 is 17.4 Å². The highest BCUT2D eigenvalue weighted by atomic mass is 35.5. The lowest BCUT2D eigenvalue weighted by molar-refractivity contribution is -0.118. The summed E-state index contributed by atoms with van der Waals surface area (Å²) in [6.07, 6.45) is 0. The highest BCUT2D eigenvalue weighted by Gasteiger charge is 2.21. The van der Waals surface area contributed by atoms with E-state index < -0.39 is 0 Å². The summed E-state index contributed by atoms with van der Waals surface area (Å²) in [7, 11) is 0. The Morgan fingerprint density at radius 1 is 1.25 bits per heavy atom. The number of benzene rings is 1. The summed E-state index contributed by atoms with van der Waals surface area (Å²) in [4.78, 5) is 14.2. The number of rotatable bonds is 4. The van der Waals surface area contributed by atoms with Crippen LogP contribution < -0.4 is 5.32 Å². The first-order chi connectivity index (χ1) is 9.66. The van der Waals surface area contributed by atoms with Crippen molar-refractivity contribution in [2.24, 2.45) is 0 Å². The second-order valence-corrected chi connectivity index (χ2v) is 5.20. The average molecular weight is 297 g/mol. The van der Waals surface area contributed by atoms with Crippen LogP contribution in [0.2, 0.25) is 5.02 Å². The van der Waals surface area contributed by atoms with Crippen LogP contribution in [0.25, 0.3) is 0 Å². The zero-order valence-corrected chi connectivity index (χ0v) is 13.4.